The number of carbonyl (C=O) groups excluding carboxylic acids is 1. The lowest BCUT2D eigenvalue weighted by Gasteiger charge is -2.48. The van der Waals surface area contributed by atoms with Crippen LogP contribution >= 0.6 is 0 Å². The number of Topliss-reactive ketones (excluding diaryl/α,β-unsaturated/α-hetero) is 1. The maximum absolute atomic E-state index is 13.0. The molecule has 16 atom stereocenters. The number of carbonyl (C=O) groups is 1. The van der Waals surface area contributed by atoms with Gasteiger partial charge in [0.05, 0.1) is 37.0 Å². The molecule has 17 heteroatoms. The van der Waals surface area contributed by atoms with E-state index in [1.807, 2.05) is 0 Å². The third kappa shape index (κ3) is 7.93. The number of nitrogens with one attached hydrogen (secondary N) is 1. The topological polar surface area (TPSA) is 318 Å². The van der Waals surface area contributed by atoms with E-state index in [0.717, 1.165) is 0 Å². The number of ether oxygens (including phenoxy) is 4. The maximum Gasteiger partial charge on any atom is 0.186 e. The van der Waals surface area contributed by atoms with Crippen molar-refractivity contribution in [1.82, 2.24) is 5.32 Å². The molecule has 0 radical (unpaired) electrons. The summed E-state index contributed by atoms with van der Waals surface area (Å²) in [5.41, 5.74) is 28.0. The minimum Gasteiger partial charge on any atom is -0.394 e. The van der Waals surface area contributed by atoms with E-state index in [1.54, 1.807) is 0 Å². The number of aliphatic hydroxyl groups excluding tert-OH is 5. The first-order chi connectivity index (χ1) is 20.8. The highest BCUT2D eigenvalue weighted by molar-refractivity contribution is 5.91. The van der Waals surface area contributed by atoms with Crippen molar-refractivity contribution in [2.45, 2.75) is 130 Å². The zero-order chi connectivity index (χ0) is 32.3. The molecule has 4 fully saturated rings. The van der Waals surface area contributed by atoms with Crippen molar-refractivity contribution >= 4 is 5.78 Å². The second-order valence-electron chi connectivity index (χ2n) is 12.7. The fourth-order valence-corrected chi connectivity index (χ4v) is 6.39. The molecule has 2 saturated carbocycles. The zero-order valence-electron chi connectivity index (χ0n) is 24.8. The molecule has 0 amide bonds. The van der Waals surface area contributed by atoms with E-state index >= 15 is 0 Å². The van der Waals surface area contributed by atoms with Crippen LogP contribution in [0.5, 0.6) is 0 Å². The third-order valence-corrected chi connectivity index (χ3v) is 9.40. The van der Waals surface area contributed by atoms with Crippen LogP contribution < -0.4 is 34.0 Å². The fourth-order valence-electron chi connectivity index (χ4n) is 6.39. The van der Waals surface area contributed by atoms with Crippen molar-refractivity contribution in [3.63, 3.8) is 0 Å². The number of aliphatic hydroxyl groups is 6. The standard InChI is InChI=1S/C27H52N6O11/c28-4-3-12(35)9-33-15-2-1-13(8-29)41-25(15)44-24-14(30)5-11(6-18(36)27(40)7-17(27)31)23(22(24)39)43-26-21(38)19(32)20(37)16(10-34)42-26/h11-17,19-26,33-35,37-40H,1-10,28-32H2/t11-,12?,13-,14-,15+,16+,17?,19-,20+,21+,22+,23-,24?,25+,26+,27?/m0/s1. The molecule has 0 aromatic heterocycles. The fraction of sp³-hybridized carbons (Fsp3) is 0.963. The van der Waals surface area contributed by atoms with Gasteiger partial charge in [-0.3, -0.25) is 4.79 Å². The Morgan fingerprint density at radius 3 is 2.30 bits per heavy atom. The lowest BCUT2D eigenvalue weighted by Crippen LogP contribution is -2.66. The van der Waals surface area contributed by atoms with Gasteiger partial charge in [0, 0.05) is 38.0 Å². The van der Waals surface area contributed by atoms with Gasteiger partial charge >= 0.3 is 0 Å². The maximum atomic E-state index is 13.0. The van der Waals surface area contributed by atoms with E-state index in [0.29, 0.717) is 25.8 Å². The van der Waals surface area contributed by atoms with Crippen molar-refractivity contribution in [3.05, 3.63) is 0 Å². The Balaban J connectivity index is 1.54. The normalized spacial score (nSPS) is 46.9. The van der Waals surface area contributed by atoms with Crippen LogP contribution in [-0.4, -0.2) is 154 Å². The predicted octanol–water partition coefficient (Wildman–Crippen LogP) is -6.22. The monoisotopic (exact) mass is 636 g/mol. The predicted molar refractivity (Wildman–Crippen MR) is 153 cm³/mol. The quantitative estimate of drug-likeness (QED) is 0.0843. The molecule has 17 N–H and O–H groups in total. The van der Waals surface area contributed by atoms with Crippen molar-refractivity contribution < 1.29 is 54.4 Å². The smallest absolute Gasteiger partial charge is 0.186 e. The van der Waals surface area contributed by atoms with Gasteiger partial charge in [-0.25, -0.2) is 0 Å². The first kappa shape index (κ1) is 35.9. The van der Waals surface area contributed by atoms with Crippen molar-refractivity contribution in [1.29, 1.82) is 0 Å². The van der Waals surface area contributed by atoms with E-state index in [4.69, 9.17) is 47.6 Å². The summed E-state index contributed by atoms with van der Waals surface area (Å²) in [6, 6.07) is -3.15. The van der Waals surface area contributed by atoms with Gasteiger partial charge in [-0.2, -0.15) is 0 Å². The molecule has 2 aliphatic heterocycles. The van der Waals surface area contributed by atoms with E-state index in [9.17, 15) is 35.4 Å². The summed E-state index contributed by atoms with van der Waals surface area (Å²) in [4.78, 5) is 13.0. The molecular weight excluding hydrogens is 584 g/mol. The lowest BCUT2D eigenvalue weighted by atomic mass is 9.76. The summed E-state index contributed by atoms with van der Waals surface area (Å²) in [6.45, 7) is 0.165. The summed E-state index contributed by atoms with van der Waals surface area (Å²) in [6.07, 6.45) is -9.74. The van der Waals surface area contributed by atoms with Gasteiger partial charge in [0.15, 0.2) is 18.4 Å². The molecule has 44 heavy (non-hydrogen) atoms. The molecule has 0 aromatic rings. The largest absolute Gasteiger partial charge is 0.394 e. The molecule has 0 spiro atoms. The van der Waals surface area contributed by atoms with E-state index in [1.165, 1.54) is 0 Å². The number of hydrogen-bond acceptors (Lipinski definition) is 17. The number of hydrogen-bond donors (Lipinski definition) is 12. The third-order valence-electron chi connectivity index (χ3n) is 9.40. The van der Waals surface area contributed by atoms with Gasteiger partial charge in [0.25, 0.3) is 0 Å². The van der Waals surface area contributed by atoms with Crippen LogP contribution in [-0.2, 0) is 23.7 Å². The molecule has 2 heterocycles. The Morgan fingerprint density at radius 1 is 1.00 bits per heavy atom. The van der Waals surface area contributed by atoms with Gasteiger partial charge in [-0.1, -0.05) is 0 Å². The summed E-state index contributed by atoms with van der Waals surface area (Å²) in [5, 5.41) is 66.3. The molecule has 4 aliphatic rings. The zero-order valence-corrected chi connectivity index (χ0v) is 24.8. The molecule has 2 aliphatic carbocycles. The Bertz CT molecular complexity index is 941. The van der Waals surface area contributed by atoms with Crippen LogP contribution in [0.2, 0.25) is 0 Å². The molecule has 17 nitrogen and oxygen atoms in total. The Hall–Kier alpha value is -0.970. The Kier molecular flexibility index (Phi) is 12.5. The number of nitrogens with two attached hydrogens (primary N) is 5. The summed E-state index contributed by atoms with van der Waals surface area (Å²) in [7, 11) is 0. The molecule has 256 valence electrons. The minimum atomic E-state index is -1.68. The van der Waals surface area contributed by atoms with Crippen molar-refractivity contribution in [3.8, 4) is 0 Å². The first-order valence-electron chi connectivity index (χ1n) is 15.4. The van der Waals surface area contributed by atoms with Gasteiger partial charge < -0.3 is 83.6 Å². The van der Waals surface area contributed by atoms with Gasteiger partial charge in [-0.15, -0.1) is 0 Å². The average molecular weight is 637 g/mol. The van der Waals surface area contributed by atoms with Crippen LogP contribution in [0, 0.1) is 5.92 Å². The van der Waals surface area contributed by atoms with Gasteiger partial charge in [-0.05, 0) is 38.1 Å². The second kappa shape index (κ2) is 15.3. The molecule has 2 saturated heterocycles. The van der Waals surface area contributed by atoms with Crippen LogP contribution in [0.1, 0.15) is 38.5 Å². The average Bonchev–Trinajstić information content (AvgIpc) is 3.63. The van der Waals surface area contributed by atoms with Crippen LogP contribution in [0.4, 0.5) is 0 Å². The van der Waals surface area contributed by atoms with E-state index < -0.39 is 97.3 Å². The highest BCUT2D eigenvalue weighted by Gasteiger charge is 2.58. The SMILES string of the molecule is NCCC(O)CN[C@@H]1CC[C@@H](CN)O[C@@H]1OC1[C@@H](N)C[C@@H](CC(=O)C2(O)CC2N)[C@H](O[C@H]2O[C@H](CO)[C@@H](O)[C@H](N)[C@H]2O)[C@H]1O. The minimum absolute atomic E-state index is 0.102. The lowest BCUT2D eigenvalue weighted by molar-refractivity contribution is -0.318. The van der Waals surface area contributed by atoms with Gasteiger partial charge in [0.1, 0.15) is 36.1 Å². The first-order valence-corrected chi connectivity index (χ1v) is 15.4. The number of ketones is 1. The van der Waals surface area contributed by atoms with Crippen molar-refractivity contribution in [2.75, 3.05) is 26.2 Å². The summed E-state index contributed by atoms with van der Waals surface area (Å²) in [5.74, 6) is -1.30. The molecular formula is C27H52N6O11. The van der Waals surface area contributed by atoms with E-state index in [2.05, 4.69) is 5.32 Å². The molecule has 0 bridgehead atoms. The van der Waals surface area contributed by atoms with Gasteiger partial charge in [0.2, 0.25) is 0 Å². The van der Waals surface area contributed by atoms with E-state index in [-0.39, 0.29) is 44.5 Å². The van der Waals surface area contributed by atoms with Crippen molar-refractivity contribution in [2.24, 2.45) is 34.6 Å². The second-order valence-corrected chi connectivity index (χ2v) is 12.7. The summed E-state index contributed by atoms with van der Waals surface area (Å²) >= 11 is 0. The highest BCUT2D eigenvalue weighted by Crippen LogP contribution is 2.41. The molecule has 4 unspecified atom stereocenters. The number of rotatable bonds is 14. The molecule has 4 rings (SSSR count). The van der Waals surface area contributed by atoms with Crippen LogP contribution in [0.15, 0.2) is 0 Å². The van der Waals surface area contributed by atoms with Crippen LogP contribution in [0.25, 0.3) is 0 Å². The Morgan fingerprint density at radius 2 is 1.68 bits per heavy atom. The van der Waals surface area contributed by atoms with Crippen LogP contribution in [0.3, 0.4) is 0 Å². The highest BCUT2D eigenvalue weighted by atomic mass is 16.7. The molecule has 0 aromatic carbocycles. The Labute approximate surface area is 256 Å². The summed E-state index contributed by atoms with van der Waals surface area (Å²) < 4.78 is 24.1.